The Balaban J connectivity index is 2.60. The minimum Gasteiger partial charge on any atom is -0.497 e. The minimum absolute atomic E-state index is 0.247. The van der Waals surface area contributed by atoms with E-state index >= 15 is 0 Å². The number of nitrogens with zero attached hydrogens (tertiary/aromatic N) is 1. The van der Waals surface area contributed by atoms with Crippen molar-refractivity contribution >= 4 is 17.7 Å². The second-order valence-electron chi connectivity index (χ2n) is 5.72. The molecule has 0 saturated carbocycles. The molecule has 2 atom stereocenters. The van der Waals surface area contributed by atoms with Crippen molar-refractivity contribution < 1.29 is 23.8 Å². The number of benzene rings is 1. The smallest absolute Gasteiger partial charge is 0.336 e. The number of rotatable bonds is 5. The molecule has 0 aromatic heterocycles. The Labute approximate surface area is 147 Å². The molecule has 0 aliphatic carbocycles. The highest BCUT2D eigenvalue weighted by Gasteiger charge is 2.42. The van der Waals surface area contributed by atoms with Crippen LogP contribution in [0.3, 0.4) is 0 Å². The summed E-state index contributed by atoms with van der Waals surface area (Å²) in [4.78, 5) is 29.4. The van der Waals surface area contributed by atoms with Gasteiger partial charge in [0.05, 0.1) is 26.4 Å². The van der Waals surface area contributed by atoms with Gasteiger partial charge in [-0.2, -0.15) is 0 Å². The fourth-order valence-corrected chi connectivity index (χ4v) is 3.11. The van der Waals surface area contributed by atoms with Gasteiger partial charge in [0.1, 0.15) is 11.7 Å². The summed E-state index contributed by atoms with van der Waals surface area (Å²) in [5.74, 6) is -1.41. The summed E-state index contributed by atoms with van der Waals surface area (Å²) in [6, 6.07) is 7.26. The van der Waals surface area contributed by atoms with Gasteiger partial charge in [-0.3, -0.25) is 9.79 Å². The van der Waals surface area contributed by atoms with Gasteiger partial charge in [0.25, 0.3) is 0 Å². The number of hydrogen-bond acceptors (Lipinski definition) is 6. The summed E-state index contributed by atoms with van der Waals surface area (Å²) in [6.45, 7) is 5.51. The molecule has 2 unspecified atom stereocenters. The van der Waals surface area contributed by atoms with Crippen molar-refractivity contribution in [2.75, 3.05) is 20.8 Å². The Hall–Kier alpha value is -2.63. The normalized spacial score (nSPS) is 20.0. The first-order chi connectivity index (χ1) is 11.9. The zero-order chi connectivity index (χ0) is 18.6. The van der Waals surface area contributed by atoms with Crippen LogP contribution in [0.1, 0.15) is 32.3 Å². The predicted octanol–water partition coefficient (Wildman–Crippen LogP) is 2.88. The van der Waals surface area contributed by atoms with Crippen LogP contribution in [-0.2, 0) is 19.1 Å². The van der Waals surface area contributed by atoms with Gasteiger partial charge in [-0.25, -0.2) is 4.79 Å². The van der Waals surface area contributed by atoms with Crippen LogP contribution >= 0.6 is 0 Å². The second-order valence-corrected chi connectivity index (χ2v) is 5.72. The van der Waals surface area contributed by atoms with Crippen LogP contribution in [0.15, 0.2) is 40.5 Å². The van der Waals surface area contributed by atoms with Gasteiger partial charge in [-0.1, -0.05) is 12.1 Å². The van der Waals surface area contributed by atoms with Crippen molar-refractivity contribution in [3.63, 3.8) is 0 Å². The van der Waals surface area contributed by atoms with E-state index in [0.717, 1.165) is 5.56 Å². The number of methoxy groups -OCH3 is 2. The highest BCUT2D eigenvalue weighted by molar-refractivity contribution is 6.06. The third-order valence-corrected chi connectivity index (χ3v) is 4.25. The SMILES string of the molecule is CCOC(=O)C1=C(C)N=C(C)C(C(=O)OC)C1c1ccc(OC)cc1. The lowest BCUT2D eigenvalue weighted by atomic mass is 9.75. The van der Waals surface area contributed by atoms with E-state index in [2.05, 4.69) is 4.99 Å². The molecule has 2 rings (SSSR count). The zero-order valence-corrected chi connectivity index (χ0v) is 15.2. The fraction of sp³-hybridized carbons (Fsp3) is 0.421. The molecule has 0 amide bonds. The maximum absolute atomic E-state index is 12.6. The van der Waals surface area contributed by atoms with E-state index < -0.39 is 23.8 Å². The lowest BCUT2D eigenvalue weighted by Crippen LogP contribution is -2.36. The van der Waals surface area contributed by atoms with Gasteiger partial charge in [-0.05, 0) is 38.5 Å². The Morgan fingerprint density at radius 3 is 2.28 bits per heavy atom. The maximum atomic E-state index is 12.6. The molecular weight excluding hydrogens is 322 g/mol. The van der Waals surface area contributed by atoms with Gasteiger partial charge in [0.15, 0.2) is 0 Å². The average molecular weight is 345 g/mol. The Bertz CT molecular complexity index is 718. The molecule has 0 N–H and O–H groups in total. The summed E-state index contributed by atoms with van der Waals surface area (Å²) in [6.07, 6.45) is 0. The predicted molar refractivity (Wildman–Crippen MR) is 93.7 cm³/mol. The Morgan fingerprint density at radius 2 is 1.76 bits per heavy atom. The zero-order valence-electron chi connectivity index (χ0n) is 15.2. The number of allylic oxidation sites excluding steroid dienone is 1. The van der Waals surface area contributed by atoms with Gasteiger partial charge in [-0.15, -0.1) is 0 Å². The number of carbonyl (C=O) groups excluding carboxylic acids is 2. The molecule has 1 aliphatic rings. The molecule has 0 bridgehead atoms. The minimum atomic E-state index is -0.679. The number of aliphatic imine (C=N–C) groups is 1. The summed E-state index contributed by atoms with van der Waals surface area (Å²) in [5.41, 5.74) is 2.34. The molecule has 0 spiro atoms. The largest absolute Gasteiger partial charge is 0.497 e. The fourth-order valence-electron chi connectivity index (χ4n) is 3.11. The molecular formula is C19H23NO5. The van der Waals surface area contributed by atoms with E-state index in [9.17, 15) is 9.59 Å². The van der Waals surface area contributed by atoms with Crippen molar-refractivity contribution in [1.29, 1.82) is 0 Å². The topological polar surface area (TPSA) is 74.2 Å². The van der Waals surface area contributed by atoms with Crippen molar-refractivity contribution in [1.82, 2.24) is 0 Å². The molecule has 0 radical (unpaired) electrons. The van der Waals surface area contributed by atoms with Crippen LogP contribution < -0.4 is 4.74 Å². The summed E-state index contributed by atoms with van der Waals surface area (Å²) in [5, 5.41) is 0. The number of ether oxygens (including phenoxy) is 3. The molecule has 1 aromatic carbocycles. The first-order valence-electron chi connectivity index (χ1n) is 8.09. The number of hydrogen-bond donors (Lipinski definition) is 0. The van der Waals surface area contributed by atoms with E-state index in [-0.39, 0.29) is 6.61 Å². The van der Waals surface area contributed by atoms with Crippen LogP contribution in [0.2, 0.25) is 0 Å². The van der Waals surface area contributed by atoms with Crippen LogP contribution in [0.25, 0.3) is 0 Å². The average Bonchev–Trinajstić information content (AvgIpc) is 2.60. The third-order valence-electron chi connectivity index (χ3n) is 4.25. The summed E-state index contributed by atoms with van der Waals surface area (Å²) < 4.78 is 15.4. The molecule has 1 heterocycles. The van der Waals surface area contributed by atoms with E-state index in [1.54, 1.807) is 40.0 Å². The van der Waals surface area contributed by atoms with Crippen molar-refractivity contribution in [2.24, 2.45) is 10.9 Å². The van der Waals surface area contributed by atoms with Crippen LogP contribution in [0.5, 0.6) is 5.75 Å². The van der Waals surface area contributed by atoms with Gasteiger partial charge in [0, 0.05) is 17.3 Å². The first kappa shape index (κ1) is 18.7. The van der Waals surface area contributed by atoms with Gasteiger partial charge in [0.2, 0.25) is 0 Å². The van der Waals surface area contributed by atoms with Gasteiger partial charge >= 0.3 is 11.9 Å². The van der Waals surface area contributed by atoms with Crippen molar-refractivity contribution in [3.8, 4) is 5.75 Å². The third kappa shape index (κ3) is 3.73. The number of carbonyl (C=O) groups is 2. The van der Waals surface area contributed by atoms with E-state index in [0.29, 0.717) is 22.7 Å². The van der Waals surface area contributed by atoms with E-state index in [4.69, 9.17) is 14.2 Å². The number of esters is 2. The van der Waals surface area contributed by atoms with E-state index in [1.807, 2.05) is 12.1 Å². The van der Waals surface area contributed by atoms with Crippen LogP contribution in [0, 0.1) is 5.92 Å². The van der Waals surface area contributed by atoms with Crippen LogP contribution in [0.4, 0.5) is 0 Å². The Morgan fingerprint density at radius 1 is 1.12 bits per heavy atom. The van der Waals surface area contributed by atoms with Gasteiger partial charge < -0.3 is 14.2 Å². The molecule has 1 aliphatic heterocycles. The Kier molecular flexibility index (Phi) is 5.96. The molecule has 6 nitrogen and oxygen atoms in total. The monoisotopic (exact) mass is 345 g/mol. The van der Waals surface area contributed by atoms with Crippen molar-refractivity contribution in [3.05, 3.63) is 41.1 Å². The molecule has 0 fully saturated rings. The standard InChI is InChI=1S/C19H23NO5/c1-6-25-19(22)16-12(3)20-11(2)15(18(21)24-5)17(16)13-7-9-14(23-4)10-8-13/h7-10,15,17H,6H2,1-5H3. The van der Waals surface area contributed by atoms with Crippen molar-refractivity contribution in [2.45, 2.75) is 26.7 Å². The highest BCUT2D eigenvalue weighted by atomic mass is 16.5. The molecule has 6 heteroatoms. The molecule has 134 valence electrons. The van der Waals surface area contributed by atoms with Crippen LogP contribution in [-0.4, -0.2) is 38.5 Å². The molecule has 25 heavy (non-hydrogen) atoms. The second kappa shape index (κ2) is 7.96. The lowest BCUT2D eigenvalue weighted by Gasteiger charge is -2.31. The first-order valence-corrected chi connectivity index (χ1v) is 8.09. The van der Waals surface area contributed by atoms with E-state index in [1.165, 1.54) is 7.11 Å². The molecule has 1 aromatic rings. The highest BCUT2D eigenvalue weighted by Crippen LogP contribution is 2.40. The molecule has 0 saturated heterocycles. The maximum Gasteiger partial charge on any atom is 0.336 e. The summed E-state index contributed by atoms with van der Waals surface area (Å²) >= 11 is 0. The summed E-state index contributed by atoms with van der Waals surface area (Å²) in [7, 11) is 2.91. The lowest BCUT2D eigenvalue weighted by molar-refractivity contribution is -0.144. The quantitative estimate of drug-likeness (QED) is 0.767.